The van der Waals surface area contributed by atoms with Crippen molar-refractivity contribution in [2.75, 3.05) is 5.32 Å². The predicted octanol–water partition coefficient (Wildman–Crippen LogP) is 3.58. The Hall–Kier alpha value is -2.69. The Morgan fingerprint density at radius 1 is 1.14 bits per heavy atom. The Morgan fingerprint density at radius 2 is 1.95 bits per heavy atom. The third kappa shape index (κ3) is 3.08. The highest BCUT2D eigenvalue weighted by Gasteiger charge is 2.06. The van der Waals surface area contributed by atoms with Gasteiger partial charge in [0.05, 0.1) is 5.69 Å². The molecule has 5 heteroatoms. The van der Waals surface area contributed by atoms with E-state index in [2.05, 4.69) is 15.4 Å². The van der Waals surface area contributed by atoms with Gasteiger partial charge >= 0.3 is 0 Å². The van der Waals surface area contributed by atoms with Gasteiger partial charge in [0.2, 0.25) is 0 Å². The second kappa shape index (κ2) is 5.75. The third-order valence-electron chi connectivity index (χ3n) is 3.28. The van der Waals surface area contributed by atoms with Gasteiger partial charge < -0.3 is 5.32 Å². The molecule has 1 heterocycles. The van der Waals surface area contributed by atoms with E-state index in [0.717, 1.165) is 16.9 Å². The molecule has 0 aliphatic rings. The molecule has 0 saturated carbocycles. The number of rotatable bonds is 4. The van der Waals surface area contributed by atoms with Gasteiger partial charge in [-0.3, -0.25) is 0 Å². The molecule has 0 fully saturated rings. The lowest BCUT2D eigenvalue weighted by molar-refractivity contribution is 0.623. The molecule has 3 aromatic rings. The lowest BCUT2D eigenvalue weighted by Gasteiger charge is -2.16. The van der Waals surface area contributed by atoms with Crippen molar-refractivity contribution in [3.05, 3.63) is 72.6 Å². The predicted molar refractivity (Wildman–Crippen MR) is 79.8 cm³/mol. The summed E-state index contributed by atoms with van der Waals surface area (Å²) < 4.78 is 14.9. The standard InChI is InChI=1S/C16H15FN4/c1-12(13-3-2-4-14(17)9-13)20-15-5-7-16(8-6-15)21-11-18-10-19-21/h2-12,20H,1H3. The van der Waals surface area contributed by atoms with E-state index in [0.29, 0.717) is 0 Å². The lowest BCUT2D eigenvalue weighted by atomic mass is 10.1. The first-order chi connectivity index (χ1) is 10.2. The minimum absolute atomic E-state index is 0.0259. The summed E-state index contributed by atoms with van der Waals surface area (Å²) in [6, 6.07) is 14.5. The molecule has 0 saturated heterocycles. The van der Waals surface area contributed by atoms with Crippen molar-refractivity contribution in [1.82, 2.24) is 14.8 Å². The van der Waals surface area contributed by atoms with Crippen LogP contribution in [0.5, 0.6) is 0 Å². The molecule has 1 atom stereocenters. The molecule has 4 nitrogen and oxygen atoms in total. The number of aromatic nitrogens is 3. The van der Waals surface area contributed by atoms with E-state index in [4.69, 9.17) is 0 Å². The van der Waals surface area contributed by atoms with Crippen LogP contribution < -0.4 is 5.32 Å². The summed E-state index contributed by atoms with van der Waals surface area (Å²) in [6.45, 7) is 2.00. The van der Waals surface area contributed by atoms with E-state index in [-0.39, 0.29) is 11.9 Å². The van der Waals surface area contributed by atoms with Gasteiger partial charge in [0.1, 0.15) is 18.5 Å². The number of hydrogen-bond acceptors (Lipinski definition) is 3. The van der Waals surface area contributed by atoms with E-state index in [9.17, 15) is 4.39 Å². The van der Waals surface area contributed by atoms with Crippen LogP contribution in [0, 0.1) is 5.82 Å². The number of nitrogens with one attached hydrogen (secondary N) is 1. The first kappa shape index (κ1) is 13.3. The van der Waals surface area contributed by atoms with Crippen LogP contribution in [0.2, 0.25) is 0 Å². The van der Waals surface area contributed by atoms with E-state index in [1.165, 1.54) is 12.4 Å². The van der Waals surface area contributed by atoms with Gasteiger partial charge in [0, 0.05) is 11.7 Å². The Labute approximate surface area is 122 Å². The van der Waals surface area contributed by atoms with Crippen molar-refractivity contribution in [3.63, 3.8) is 0 Å². The summed E-state index contributed by atoms with van der Waals surface area (Å²) in [4.78, 5) is 3.92. The summed E-state index contributed by atoms with van der Waals surface area (Å²) in [6.07, 6.45) is 3.15. The summed E-state index contributed by atoms with van der Waals surface area (Å²) in [5, 5.41) is 7.42. The first-order valence-corrected chi connectivity index (χ1v) is 6.69. The molecule has 1 N–H and O–H groups in total. The normalized spacial score (nSPS) is 12.1. The van der Waals surface area contributed by atoms with Gasteiger partial charge in [-0.15, -0.1) is 0 Å². The number of benzene rings is 2. The molecule has 106 valence electrons. The number of halogens is 1. The fourth-order valence-corrected chi connectivity index (χ4v) is 2.16. The zero-order valence-electron chi connectivity index (χ0n) is 11.6. The topological polar surface area (TPSA) is 42.7 Å². The van der Waals surface area contributed by atoms with Gasteiger partial charge in [-0.05, 0) is 48.9 Å². The molecule has 0 aliphatic carbocycles. The molecule has 0 radical (unpaired) electrons. The highest BCUT2D eigenvalue weighted by Crippen LogP contribution is 2.20. The van der Waals surface area contributed by atoms with Crippen molar-refractivity contribution in [2.24, 2.45) is 0 Å². The molecular formula is C16H15FN4. The maximum Gasteiger partial charge on any atom is 0.138 e. The van der Waals surface area contributed by atoms with Crippen molar-refractivity contribution < 1.29 is 4.39 Å². The summed E-state index contributed by atoms with van der Waals surface area (Å²) in [5.41, 5.74) is 2.82. The van der Waals surface area contributed by atoms with Crippen LogP contribution in [0.1, 0.15) is 18.5 Å². The molecule has 0 spiro atoms. The van der Waals surface area contributed by atoms with Crippen molar-refractivity contribution in [2.45, 2.75) is 13.0 Å². The summed E-state index contributed by atoms with van der Waals surface area (Å²) >= 11 is 0. The monoisotopic (exact) mass is 282 g/mol. The molecule has 0 amide bonds. The summed E-state index contributed by atoms with van der Waals surface area (Å²) in [7, 11) is 0. The fraction of sp³-hybridized carbons (Fsp3) is 0.125. The minimum Gasteiger partial charge on any atom is -0.379 e. The molecule has 0 bridgehead atoms. The first-order valence-electron chi connectivity index (χ1n) is 6.69. The van der Waals surface area contributed by atoms with Gasteiger partial charge in [-0.1, -0.05) is 12.1 Å². The third-order valence-corrected chi connectivity index (χ3v) is 3.28. The highest BCUT2D eigenvalue weighted by molar-refractivity contribution is 5.49. The number of hydrogen-bond donors (Lipinski definition) is 1. The van der Waals surface area contributed by atoms with E-state index >= 15 is 0 Å². The quantitative estimate of drug-likeness (QED) is 0.795. The van der Waals surface area contributed by atoms with Crippen LogP contribution in [0.15, 0.2) is 61.2 Å². The van der Waals surface area contributed by atoms with Gasteiger partial charge in [0.15, 0.2) is 0 Å². The maximum absolute atomic E-state index is 13.2. The molecule has 21 heavy (non-hydrogen) atoms. The SMILES string of the molecule is CC(Nc1ccc(-n2cncn2)cc1)c1cccc(F)c1. The Morgan fingerprint density at radius 3 is 2.62 bits per heavy atom. The average Bonchev–Trinajstić information content (AvgIpc) is 3.02. The average molecular weight is 282 g/mol. The molecule has 3 rings (SSSR count). The number of nitrogens with zero attached hydrogens (tertiary/aromatic N) is 3. The van der Waals surface area contributed by atoms with Gasteiger partial charge in [-0.2, -0.15) is 5.10 Å². The lowest BCUT2D eigenvalue weighted by Crippen LogP contribution is -2.07. The van der Waals surface area contributed by atoms with Crippen LogP contribution >= 0.6 is 0 Å². The van der Waals surface area contributed by atoms with Crippen molar-refractivity contribution in [1.29, 1.82) is 0 Å². The van der Waals surface area contributed by atoms with E-state index in [1.54, 1.807) is 23.1 Å². The zero-order chi connectivity index (χ0) is 14.7. The molecule has 0 aliphatic heterocycles. The van der Waals surface area contributed by atoms with Crippen LogP contribution in [0.25, 0.3) is 5.69 Å². The second-order valence-electron chi connectivity index (χ2n) is 4.81. The molecule has 1 unspecified atom stereocenters. The van der Waals surface area contributed by atoms with E-state index in [1.807, 2.05) is 37.3 Å². The van der Waals surface area contributed by atoms with Crippen LogP contribution in [0.4, 0.5) is 10.1 Å². The van der Waals surface area contributed by atoms with Crippen molar-refractivity contribution >= 4 is 5.69 Å². The Kier molecular flexibility index (Phi) is 3.64. The smallest absolute Gasteiger partial charge is 0.138 e. The maximum atomic E-state index is 13.2. The number of anilines is 1. The van der Waals surface area contributed by atoms with Crippen LogP contribution in [-0.2, 0) is 0 Å². The highest BCUT2D eigenvalue weighted by atomic mass is 19.1. The fourth-order valence-electron chi connectivity index (χ4n) is 2.16. The zero-order valence-corrected chi connectivity index (χ0v) is 11.6. The van der Waals surface area contributed by atoms with Crippen LogP contribution in [0.3, 0.4) is 0 Å². The largest absolute Gasteiger partial charge is 0.379 e. The minimum atomic E-state index is -0.220. The second-order valence-corrected chi connectivity index (χ2v) is 4.81. The van der Waals surface area contributed by atoms with Crippen molar-refractivity contribution in [3.8, 4) is 5.69 Å². The van der Waals surface area contributed by atoms with Gasteiger partial charge in [-0.25, -0.2) is 14.1 Å². The molecule has 1 aromatic heterocycles. The molecular weight excluding hydrogens is 267 g/mol. The van der Waals surface area contributed by atoms with Gasteiger partial charge in [0.25, 0.3) is 0 Å². The Balaban J connectivity index is 1.73. The van der Waals surface area contributed by atoms with E-state index < -0.39 is 0 Å². The van der Waals surface area contributed by atoms with Crippen LogP contribution in [-0.4, -0.2) is 14.8 Å². The summed E-state index contributed by atoms with van der Waals surface area (Å²) in [5.74, 6) is -0.220. The Bertz CT molecular complexity index is 707. The molecule has 2 aromatic carbocycles.